The molecule has 154 valence electrons. The molecule has 3 aromatic rings. The van der Waals surface area contributed by atoms with Gasteiger partial charge >= 0.3 is 0 Å². The minimum atomic E-state index is -0.990. The molecule has 6 nitrogen and oxygen atoms in total. The van der Waals surface area contributed by atoms with Gasteiger partial charge in [-0.1, -0.05) is 53.7 Å². The van der Waals surface area contributed by atoms with E-state index in [0.717, 1.165) is 17.7 Å². The summed E-state index contributed by atoms with van der Waals surface area (Å²) in [4.78, 5) is 28.2. The minimum absolute atomic E-state index is 0.137. The van der Waals surface area contributed by atoms with Crippen LogP contribution in [0.5, 0.6) is 0 Å². The second kappa shape index (κ2) is 8.53. The lowest BCUT2D eigenvalue weighted by atomic mass is 9.88. The molecule has 1 N–H and O–H groups in total. The van der Waals surface area contributed by atoms with Crippen molar-refractivity contribution in [2.75, 3.05) is 13.1 Å². The highest BCUT2D eigenvalue weighted by molar-refractivity contribution is 5.99. The van der Waals surface area contributed by atoms with Gasteiger partial charge in [0.25, 0.3) is 5.91 Å². The monoisotopic (exact) mass is 403 g/mol. The molecule has 2 heterocycles. The zero-order valence-electron chi connectivity index (χ0n) is 17.0. The van der Waals surface area contributed by atoms with Crippen LogP contribution in [0.2, 0.25) is 0 Å². The lowest BCUT2D eigenvalue weighted by Gasteiger charge is -2.36. The van der Waals surface area contributed by atoms with Gasteiger partial charge in [0.2, 0.25) is 5.91 Å². The molecule has 1 aliphatic rings. The number of carbonyl (C=O) groups excluding carboxylic acids is 2. The highest BCUT2D eigenvalue weighted by atomic mass is 16.5. The molecule has 1 saturated heterocycles. The lowest BCUT2D eigenvalue weighted by molar-refractivity contribution is -0.130. The van der Waals surface area contributed by atoms with Gasteiger partial charge in [-0.25, -0.2) is 0 Å². The summed E-state index contributed by atoms with van der Waals surface area (Å²) >= 11 is 0. The summed E-state index contributed by atoms with van der Waals surface area (Å²) in [6.45, 7) is 2.91. The Balaban J connectivity index is 1.67. The molecular weight excluding hydrogens is 378 g/mol. The van der Waals surface area contributed by atoms with Gasteiger partial charge in [-0.15, -0.1) is 0 Å². The highest BCUT2D eigenvalue weighted by Gasteiger charge is 2.50. The quantitative estimate of drug-likeness (QED) is 0.681. The number of likely N-dealkylation sites (tertiary alicyclic amines) is 1. The Morgan fingerprint density at radius 1 is 1.10 bits per heavy atom. The Morgan fingerprint density at radius 3 is 2.50 bits per heavy atom. The van der Waals surface area contributed by atoms with Gasteiger partial charge in [-0.05, 0) is 31.9 Å². The maximum absolute atomic E-state index is 13.3. The third-order valence-electron chi connectivity index (χ3n) is 5.61. The second-order valence-corrected chi connectivity index (χ2v) is 7.54. The molecule has 6 heteroatoms. The van der Waals surface area contributed by atoms with Crippen molar-refractivity contribution in [3.8, 4) is 11.3 Å². The largest absolute Gasteiger partial charge is 0.361 e. The summed E-state index contributed by atoms with van der Waals surface area (Å²) in [5.41, 5.74) is 1.26. The zero-order valence-corrected chi connectivity index (χ0v) is 17.0. The highest BCUT2D eigenvalue weighted by Crippen LogP contribution is 2.35. The van der Waals surface area contributed by atoms with Crippen LogP contribution in [0.1, 0.15) is 35.9 Å². The van der Waals surface area contributed by atoms with Crippen molar-refractivity contribution in [1.29, 1.82) is 0 Å². The summed E-state index contributed by atoms with van der Waals surface area (Å²) in [6, 6.07) is 20.7. The molecule has 0 spiro atoms. The Bertz CT molecular complexity index is 1020. The molecule has 0 unspecified atom stereocenters. The first-order chi connectivity index (χ1) is 14.6. The van der Waals surface area contributed by atoms with Gasteiger partial charge < -0.3 is 14.7 Å². The fourth-order valence-electron chi connectivity index (χ4n) is 4.17. The summed E-state index contributed by atoms with van der Waals surface area (Å²) < 4.78 is 5.60. The number of nitrogens with one attached hydrogen (secondary N) is 1. The first kappa shape index (κ1) is 19.9. The molecule has 30 heavy (non-hydrogen) atoms. The Hall–Kier alpha value is -3.41. The van der Waals surface area contributed by atoms with Crippen LogP contribution in [0.3, 0.4) is 0 Å². The molecule has 0 bridgehead atoms. The van der Waals surface area contributed by atoms with Crippen LogP contribution < -0.4 is 5.32 Å². The van der Waals surface area contributed by atoms with E-state index in [4.69, 9.17) is 4.52 Å². The molecule has 4 rings (SSSR count). The maximum atomic E-state index is 13.3. The lowest BCUT2D eigenvalue weighted by Crippen LogP contribution is -2.58. The van der Waals surface area contributed by atoms with Gasteiger partial charge in [-0.3, -0.25) is 9.59 Å². The smallest absolute Gasteiger partial charge is 0.254 e. The van der Waals surface area contributed by atoms with E-state index in [1.165, 1.54) is 0 Å². The van der Waals surface area contributed by atoms with Gasteiger partial charge in [0.05, 0.1) is 0 Å². The van der Waals surface area contributed by atoms with Crippen LogP contribution in [0.15, 0.2) is 71.3 Å². The number of likely N-dealkylation sites (N-methyl/N-ethyl adjacent to an activating group) is 1. The summed E-state index contributed by atoms with van der Waals surface area (Å²) in [5.74, 6) is 0.305. The van der Waals surface area contributed by atoms with Crippen LogP contribution in [0.4, 0.5) is 0 Å². The number of hydrogen-bond acceptors (Lipinski definition) is 4. The average Bonchev–Trinajstić information content (AvgIpc) is 3.43. The zero-order chi connectivity index (χ0) is 21.0. The van der Waals surface area contributed by atoms with Gasteiger partial charge in [-0.2, -0.15) is 0 Å². The van der Waals surface area contributed by atoms with Crippen LogP contribution in [-0.2, 0) is 11.2 Å². The van der Waals surface area contributed by atoms with Gasteiger partial charge in [0.1, 0.15) is 17.0 Å². The van der Waals surface area contributed by atoms with Gasteiger partial charge in [0, 0.05) is 36.7 Å². The van der Waals surface area contributed by atoms with Crippen molar-refractivity contribution in [3.05, 3.63) is 78.1 Å². The SMILES string of the molecule is CCNC(=O)[C@]1(Cc2cc(-c3ccccc3)no2)CCCN1C(=O)c1ccccc1. The van der Waals surface area contributed by atoms with Gasteiger partial charge in [0.15, 0.2) is 0 Å². The van der Waals surface area contributed by atoms with Crippen LogP contribution in [0, 0.1) is 0 Å². The summed E-state index contributed by atoms with van der Waals surface area (Å²) in [6.07, 6.45) is 1.63. The van der Waals surface area contributed by atoms with Crippen molar-refractivity contribution >= 4 is 11.8 Å². The third kappa shape index (κ3) is 3.73. The fourth-order valence-corrected chi connectivity index (χ4v) is 4.17. The molecular formula is C24H25N3O3. The van der Waals surface area contributed by atoms with Crippen LogP contribution >= 0.6 is 0 Å². The predicted octanol–water partition coefficient (Wildman–Crippen LogP) is 3.70. The number of rotatable bonds is 6. The number of amides is 2. The topological polar surface area (TPSA) is 75.4 Å². The van der Waals surface area contributed by atoms with Crippen molar-refractivity contribution in [2.24, 2.45) is 0 Å². The van der Waals surface area contributed by atoms with E-state index in [1.807, 2.05) is 61.5 Å². The molecule has 2 amide bonds. The van der Waals surface area contributed by atoms with E-state index in [9.17, 15) is 9.59 Å². The second-order valence-electron chi connectivity index (χ2n) is 7.54. The Morgan fingerprint density at radius 2 is 1.80 bits per heavy atom. The molecule has 1 fully saturated rings. The molecule has 2 aromatic carbocycles. The Kier molecular flexibility index (Phi) is 5.65. The predicted molar refractivity (Wildman–Crippen MR) is 114 cm³/mol. The van der Waals surface area contributed by atoms with E-state index in [-0.39, 0.29) is 18.2 Å². The molecule has 1 aromatic heterocycles. The molecule has 0 radical (unpaired) electrons. The minimum Gasteiger partial charge on any atom is -0.361 e. The Labute approximate surface area is 175 Å². The van der Waals surface area contributed by atoms with E-state index in [1.54, 1.807) is 17.0 Å². The normalized spacial score (nSPS) is 18.4. The number of nitrogens with zero attached hydrogens (tertiary/aromatic N) is 2. The standard InChI is InChI=1S/C24H25N3O3/c1-2-25-23(29)24(14-9-15-27(24)22(28)19-12-7-4-8-13-19)17-20-16-21(26-30-20)18-10-5-3-6-11-18/h3-8,10-13,16H,2,9,14-15,17H2,1H3,(H,25,29)/t24-/m1/s1. The first-order valence-electron chi connectivity index (χ1n) is 10.3. The number of aromatic nitrogens is 1. The third-order valence-corrected chi connectivity index (χ3v) is 5.61. The number of hydrogen-bond donors (Lipinski definition) is 1. The summed E-state index contributed by atoms with van der Waals surface area (Å²) in [7, 11) is 0. The maximum Gasteiger partial charge on any atom is 0.254 e. The average molecular weight is 403 g/mol. The van der Waals surface area contributed by atoms with Crippen LogP contribution in [0.25, 0.3) is 11.3 Å². The van der Waals surface area contributed by atoms with E-state index in [0.29, 0.717) is 30.8 Å². The molecule has 1 atom stereocenters. The van der Waals surface area contributed by atoms with Crippen molar-refractivity contribution in [3.63, 3.8) is 0 Å². The number of carbonyl (C=O) groups is 2. The summed E-state index contributed by atoms with van der Waals surface area (Å²) in [5, 5.41) is 7.11. The molecule has 0 saturated carbocycles. The van der Waals surface area contributed by atoms with E-state index < -0.39 is 5.54 Å². The van der Waals surface area contributed by atoms with E-state index >= 15 is 0 Å². The fraction of sp³-hybridized carbons (Fsp3) is 0.292. The van der Waals surface area contributed by atoms with Crippen molar-refractivity contribution in [2.45, 2.75) is 31.7 Å². The molecule has 0 aliphatic carbocycles. The van der Waals surface area contributed by atoms with Crippen molar-refractivity contribution < 1.29 is 14.1 Å². The number of benzene rings is 2. The van der Waals surface area contributed by atoms with Crippen molar-refractivity contribution in [1.82, 2.24) is 15.4 Å². The van der Waals surface area contributed by atoms with Crippen LogP contribution in [-0.4, -0.2) is 40.5 Å². The first-order valence-corrected chi connectivity index (χ1v) is 10.3. The van der Waals surface area contributed by atoms with E-state index in [2.05, 4.69) is 10.5 Å². The molecule has 1 aliphatic heterocycles.